The van der Waals surface area contributed by atoms with Gasteiger partial charge in [0, 0.05) is 0 Å². The molecule has 0 rings (SSSR count). The molecule has 34 heavy (non-hydrogen) atoms. The lowest BCUT2D eigenvalue weighted by atomic mass is 10.3. The van der Waals surface area contributed by atoms with E-state index < -0.39 is 31.3 Å². The Balaban J connectivity index is -0.000000177. The summed E-state index contributed by atoms with van der Waals surface area (Å²) in [5.41, 5.74) is -11.3. The third-order valence-corrected chi connectivity index (χ3v) is 5.65. The minimum atomic E-state index is -6.09. The Bertz CT molecular complexity index is 660. The van der Waals surface area contributed by atoms with Gasteiger partial charge in [-0.3, -0.25) is 0 Å². The van der Waals surface area contributed by atoms with Gasteiger partial charge in [0.25, 0.3) is 0 Å². The molecule has 212 valence electrons. The molecule has 0 aliphatic rings. The van der Waals surface area contributed by atoms with Gasteiger partial charge < -0.3 is 18.1 Å². The first-order chi connectivity index (χ1) is 14.7. The molecule has 8 nitrogen and oxygen atoms in total. The van der Waals surface area contributed by atoms with Gasteiger partial charge in [0.15, 0.2) is 20.2 Å². The van der Waals surface area contributed by atoms with E-state index in [1.165, 1.54) is 60.8 Å². The van der Waals surface area contributed by atoms with Crippen molar-refractivity contribution in [2.75, 3.05) is 54.4 Å². The van der Waals surface area contributed by atoms with E-state index in [0.717, 1.165) is 0 Å². The molecule has 0 aromatic rings. The maximum absolute atomic E-state index is 10.7. The van der Waals surface area contributed by atoms with Crippen LogP contribution in [0.25, 0.3) is 0 Å². The fraction of sp³-hybridized carbons (Fsp3) is 1.00. The van der Waals surface area contributed by atoms with Crippen LogP contribution in [-0.2, 0) is 20.2 Å². The highest BCUT2D eigenvalue weighted by Crippen LogP contribution is 2.21. The van der Waals surface area contributed by atoms with Crippen molar-refractivity contribution in [3.05, 3.63) is 0 Å². The molecule has 0 N–H and O–H groups in total. The maximum atomic E-state index is 10.7. The predicted molar refractivity (Wildman–Crippen MR) is 116 cm³/mol. The summed E-state index contributed by atoms with van der Waals surface area (Å²) in [6.07, 6.45) is 5.37. The summed E-state index contributed by atoms with van der Waals surface area (Å²) in [5, 5.41) is 0. The van der Waals surface area contributed by atoms with Crippen LogP contribution in [0, 0.1) is 0 Å². The summed E-state index contributed by atoms with van der Waals surface area (Å²) in [4.78, 5) is 0. The van der Waals surface area contributed by atoms with Crippen LogP contribution < -0.4 is 0 Å². The van der Waals surface area contributed by atoms with Crippen molar-refractivity contribution in [1.29, 1.82) is 0 Å². The lowest BCUT2D eigenvalue weighted by Crippen LogP contribution is -2.39. The molecule has 0 radical (unpaired) electrons. The molecule has 0 aliphatic carbocycles. The number of nitrogens with zero attached hydrogens (tertiary/aromatic N) is 2. The van der Waals surface area contributed by atoms with Crippen LogP contribution in [0.3, 0.4) is 0 Å². The third-order valence-electron chi connectivity index (χ3n) is 4.51. The Morgan fingerprint density at radius 3 is 0.853 bits per heavy atom. The number of rotatable bonds is 8. The van der Waals surface area contributed by atoms with E-state index in [1.54, 1.807) is 0 Å². The fourth-order valence-corrected chi connectivity index (χ4v) is 1.49. The van der Waals surface area contributed by atoms with Crippen molar-refractivity contribution < 1.29 is 61.2 Å². The fourth-order valence-electron chi connectivity index (χ4n) is 1.49. The highest BCUT2D eigenvalue weighted by Gasteiger charge is 2.37. The zero-order valence-corrected chi connectivity index (χ0v) is 22.7. The number of hydrogen-bond donors (Lipinski definition) is 0. The van der Waals surface area contributed by atoms with Crippen LogP contribution in [0.15, 0.2) is 0 Å². The van der Waals surface area contributed by atoms with Crippen molar-refractivity contribution in [2.45, 2.75) is 64.4 Å². The molecular weight excluding hydrogens is 518 g/mol. The van der Waals surface area contributed by atoms with Crippen LogP contribution in [0.1, 0.15) is 53.4 Å². The van der Waals surface area contributed by atoms with Gasteiger partial charge in [0.1, 0.15) is 0 Å². The van der Waals surface area contributed by atoms with E-state index in [9.17, 15) is 26.3 Å². The van der Waals surface area contributed by atoms with Crippen molar-refractivity contribution in [3.63, 3.8) is 0 Å². The number of alkyl halides is 6. The second kappa shape index (κ2) is 16.9. The van der Waals surface area contributed by atoms with E-state index in [2.05, 4.69) is 55.9 Å². The quantitative estimate of drug-likeness (QED) is 0.193. The summed E-state index contributed by atoms with van der Waals surface area (Å²) in [6.45, 7) is 14.1. The molecule has 0 spiro atoms. The van der Waals surface area contributed by atoms with Crippen LogP contribution in [-0.4, -0.2) is 100 Å². The second-order valence-electron chi connectivity index (χ2n) is 8.46. The van der Waals surface area contributed by atoms with Gasteiger partial charge in [-0.15, -0.1) is 0 Å². The molecule has 0 heterocycles. The molecule has 0 saturated heterocycles. The lowest BCUT2D eigenvalue weighted by Gasteiger charge is -2.27. The Morgan fingerprint density at radius 1 is 0.588 bits per heavy atom. The first-order valence-corrected chi connectivity index (χ1v) is 13.2. The summed E-state index contributed by atoms with van der Waals surface area (Å²) in [6, 6.07) is 0. The zero-order chi connectivity index (χ0) is 28.7. The molecule has 0 aliphatic heterocycles. The third kappa shape index (κ3) is 25.9. The second-order valence-corrected chi connectivity index (χ2v) is 11.2. The Hall–Kier alpha value is -0.680. The smallest absolute Gasteiger partial charge is 0.485 e. The van der Waals surface area contributed by atoms with E-state index in [0.29, 0.717) is 0 Å². The minimum Gasteiger partial charge on any atom is -0.741 e. The van der Waals surface area contributed by atoms with Gasteiger partial charge in [-0.25, -0.2) is 16.8 Å². The first kappa shape index (κ1) is 40.5. The Morgan fingerprint density at radius 2 is 0.765 bits per heavy atom. The maximum Gasteiger partial charge on any atom is 0.485 e. The highest BCUT2D eigenvalue weighted by molar-refractivity contribution is 7.86. The SMILES string of the molecule is CCCC[N+](C)(C)CC.CCCC[N+](C)(C)CC.O=S(=O)([O-])C(F)(F)F.O=S(=O)([O-])C(F)(F)F. The normalized spacial score (nSPS) is 12.9. The molecule has 16 heteroatoms. The van der Waals surface area contributed by atoms with Crippen LogP contribution in [0.4, 0.5) is 26.3 Å². The number of halogens is 6. The van der Waals surface area contributed by atoms with Crippen LogP contribution >= 0.6 is 0 Å². The minimum absolute atomic E-state index is 1.17. The zero-order valence-electron chi connectivity index (χ0n) is 21.1. The van der Waals surface area contributed by atoms with E-state index >= 15 is 0 Å². The lowest BCUT2D eigenvalue weighted by molar-refractivity contribution is -0.888. The van der Waals surface area contributed by atoms with Crippen molar-refractivity contribution in [1.82, 2.24) is 0 Å². The first-order valence-electron chi connectivity index (χ1n) is 10.4. The van der Waals surface area contributed by atoms with Gasteiger partial charge in [0.05, 0.1) is 54.4 Å². The highest BCUT2D eigenvalue weighted by atomic mass is 32.2. The molecule has 0 aromatic heterocycles. The number of quaternary nitrogens is 2. The van der Waals surface area contributed by atoms with Crippen LogP contribution in [0.5, 0.6) is 0 Å². The number of unbranched alkanes of at least 4 members (excludes halogenated alkanes) is 2. The summed E-state index contributed by atoms with van der Waals surface area (Å²) in [7, 11) is -3.03. The standard InChI is InChI=1S/2C8H20N.2CHF3O3S/c2*1-5-7-8-9(3,4)6-2;2*2-1(3,4)8(5,6)7/h2*5-8H2,1-4H3;2*(H,5,6,7)/q2*+1;;/p-2. The molecule has 0 unspecified atom stereocenters. The Kier molecular flexibility index (Phi) is 20.1. The monoisotopic (exact) mass is 558 g/mol. The summed E-state index contributed by atoms with van der Waals surface area (Å²) >= 11 is 0. The van der Waals surface area contributed by atoms with Crippen molar-refractivity contribution in [2.24, 2.45) is 0 Å². The van der Waals surface area contributed by atoms with Crippen molar-refractivity contribution >= 4 is 20.2 Å². The van der Waals surface area contributed by atoms with Gasteiger partial charge in [0.2, 0.25) is 0 Å². The summed E-state index contributed by atoms with van der Waals surface area (Å²) < 4.78 is 120. The van der Waals surface area contributed by atoms with Gasteiger partial charge in [-0.2, -0.15) is 26.3 Å². The molecule has 0 aromatic carbocycles. The topological polar surface area (TPSA) is 114 Å². The molecule has 0 amide bonds. The predicted octanol–water partition coefficient (Wildman–Crippen LogP) is 3.87. The summed E-state index contributed by atoms with van der Waals surface area (Å²) in [5.74, 6) is 0. The molecule has 0 saturated carbocycles. The van der Waals surface area contributed by atoms with Crippen molar-refractivity contribution in [3.8, 4) is 0 Å². The average Bonchev–Trinajstić information content (AvgIpc) is 2.63. The molecule has 0 atom stereocenters. The average molecular weight is 559 g/mol. The molecular formula is C18H40F6N2O6S2. The van der Waals surface area contributed by atoms with E-state index in [4.69, 9.17) is 25.9 Å². The van der Waals surface area contributed by atoms with Gasteiger partial charge in [-0.1, -0.05) is 26.7 Å². The Labute approximate surface area is 200 Å². The van der Waals surface area contributed by atoms with Gasteiger partial charge in [-0.05, 0) is 26.7 Å². The molecule has 0 fully saturated rings. The van der Waals surface area contributed by atoms with Gasteiger partial charge >= 0.3 is 11.0 Å². The van der Waals surface area contributed by atoms with Crippen LogP contribution in [0.2, 0.25) is 0 Å². The van der Waals surface area contributed by atoms with E-state index in [-0.39, 0.29) is 0 Å². The number of hydrogen-bond acceptors (Lipinski definition) is 6. The largest absolute Gasteiger partial charge is 0.741 e. The van der Waals surface area contributed by atoms with E-state index in [1.807, 2.05) is 0 Å². The molecule has 0 bridgehead atoms.